The molecule has 0 spiro atoms. The van der Waals surface area contributed by atoms with Crippen molar-refractivity contribution in [1.82, 2.24) is 0 Å². The number of hydrogen-bond donors (Lipinski definition) is 1. The molecule has 0 aliphatic rings. The lowest BCUT2D eigenvalue weighted by atomic mass is 10.1. The van der Waals surface area contributed by atoms with E-state index in [1.807, 2.05) is 0 Å². The van der Waals surface area contributed by atoms with Gasteiger partial charge in [0.15, 0.2) is 0 Å². The fraction of sp³-hybridized carbons (Fsp3) is 0.0909. The van der Waals surface area contributed by atoms with Crippen molar-refractivity contribution in [3.8, 4) is 0 Å². The van der Waals surface area contributed by atoms with Crippen molar-refractivity contribution < 1.29 is 8.78 Å². The van der Waals surface area contributed by atoms with Crippen LogP contribution in [0.15, 0.2) is 29.6 Å². The highest BCUT2D eigenvalue weighted by molar-refractivity contribution is 7.10. The van der Waals surface area contributed by atoms with Crippen molar-refractivity contribution in [3.63, 3.8) is 0 Å². The van der Waals surface area contributed by atoms with E-state index >= 15 is 0 Å². The average Bonchev–Trinajstić information content (AvgIpc) is 2.64. The summed E-state index contributed by atoms with van der Waals surface area (Å²) in [4.78, 5) is 0.561. The Kier molecular flexibility index (Phi) is 3.23. The molecular formula is C11H8ClF2NS. The summed E-state index contributed by atoms with van der Waals surface area (Å²) in [7, 11) is 0. The number of hydrogen-bond acceptors (Lipinski definition) is 2. The van der Waals surface area contributed by atoms with Crippen LogP contribution in [0.3, 0.4) is 0 Å². The highest BCUT2D eigenvalue weighted by Crippen LogP contribution is 2.33. The minimum absolute atomic E-state index is 0.146. The van der Waals surface area contributed by atoms with Crippen LogP contribution in [0.2, 0.25) is 5.02 Å². The standard InChI is InChI=1S/C11H8ClF2NS/c12-6-4-5-16-11(6)10(15)9-7(13)2-1-3-8(9)14/h1-5,10H,15H2. The van der Waals surface area contributed by atoms with Crippen LogP contribution < -0.4 is 5.73 Å². The summed E-state index contributed by atoms with van der Waals surface area (Å²) in [5, 5.41) is 2.16. The molecule has 1 unspecified atom stereocenters. The number of rotatable bonds is 2. The zero-order valence-corrected chi connectivity index (χ0v) is 9.66. The van der Waals surface area contributed by atoms with Gasteiger partial charge in [0, 0.05) is 10.4 Å². The summed E-state index contributed by atoms with van der Waals surface area (Å²) in [6.07, 6.45) is 0. The lowest BCUT2D eigenvalue weighted by molar-refractivity contribution is 0.545. The molecule has 2 N–H and O–H groups in total. The van der Waals surface area contributed by atoms with Gasteiger partial charge in [0.05, 0.1) is 11.1 Å². The lowest BCUT2D eigenvalue weighted by Crippen LogP contribution is -2.14. The minimum Gasteiger partial charge on any atom is -0.319 e. The van der Waals surface area contributed by atoms with E-state index in [0.29, 0.717) is 9.90 Å². The summed E-state index contributed by atoms with van der Waals surface area (Å²) in [6, 6.07) is 4.45. The molecule has 2 aromatic rings. The van der Waals surface area contributed by atoms with Crippen molar-refractivity contribution in [2.45, 2.75) is 6.04 Å². The second-order valence-electron chi connectivity index (χ2n) is 3.25. The Bertz CT molecular complexity index is 492. The maximum Gasteiger partial charge on any atom is 0.131 e. The molecule has 5 heteroatoms. The predicted molar refractivity (Wildman–Crippen MR) is 61.7 cm³/mol. The molecule has 0 saturated carbocycles. The first-order valence-electron chi connectivity index (χ1n) is 4.53. The first-order valence-corrected chi connectivity index (χ1v) is 5.79. The molecule has 0 saturated heterocycles. The van der Waals surface area contributed by atoms with Crippen LogP contribution in [-0.2, 0) is 0 Å². The summed E-state index contributed by atoms with van der Waals surface area (Å²) in [6.45, 7) is 0. The van der Waals surface area contributed by atoms with E-state index in [2.05, 4.69) is 0 Å². The summed E-state index contributed by atoms with van der Waals surface area (Å²) in [5.41, 5.74) is 5.66. The lowest BCUT2D eigenvalue weighted by Gasteiger charge is -2.12. The van der Waals surface area contributed by atoms with Gasteiger partial charge < -0.3 is 5.73 Å². The highest BCUT2D eigenvalue weighted by atomic mass is 35.5. The van der Waals surface area contributed by atoms with E-state index in [1.165, 1.54) is 29.5 Å². The number of halogens is 3. The molecule has 0 aliphatic carbocycles. The molecule has 0 aliphatic heterocycles. The molecule has 1 nitrogen and oxygen atoms in total. The van der Waals surface area contributed by atoms with Crippen LogP contribution in [0.1, 0.15) is 16.5 Å². The van der Waals surface area contributed by atoms with Crippen molar-refractivity contribution in [2.24, 2.45) is 5.73 Å². The number of benzene rings is 1. The van der Waals surface area contributed by atoms with Gasteiger partial charge in [-0.05, 0) is 23.6 Å². The van der Waals surface area contributed by atoms with E-state index in [9.17, 15) is 8.78 Å². The van der Waals surface area contributed by atoms with Gasteiger partial charge in [0.2, 0.25) is 0 Å². The molecule has 0 radical (unpaired) electrons. The van der Waals surface area contributed by atoms with Gasteiger partial charge in [-0.1, -0.05) is 17.7 Å². The second-order valence-corrected chi connectivity index (χ2v) is 4.60. The van der Waals surface area contributed by atoms with Gasteiger partial charge in [0.1, 0.15) is 11.6 Å². The van der Waals surface area contributed by atoms with Crippen LogP contribution in [0.4, 0.5) is 8.78 Å². The number of thiophene rings is 1. The first kappa shape index (κ1) is 11.5. The van der Waals surface area contributed by atoms with Crippen molar-refractivity contribution in [1.29, 1.82) is 0 Å². The topological polar surface area (TPSA) is 26.0 Å². The van der Waals surface area contributed by atoms with E-state index in [4.69, 9.17) is 17.3 Å². The van der Waals surface area contributed by atoms with Crippen LogP contribution in [0.5, 0.6) is 0 Å². The van der Waals surface area contributed by atoms with Crippen molar-refractivity contribution in [2.75, 3.05) is 0 Å². The predicted octanol–water partition coefficient (Wildman–Crippen LogP) is 3.73. The molecule has 1 atom stereocenters. The van der Waals surface area contributed by atoms with Crippen LogP contribution >= 0.6 is 22.9 Å². The van der Waals surface area contributed by atoms with E-state index in [1.54, 1.807) is 11.4 Å². The van der Waals surface area contributed by atoms with E-state index in [0.717, 1.165) is 0 Å². The summed E-state index contributed by atoms with van der Waals surface area (Å²) >= 11 is 7.15. The quantitative estimate of drug-likeness (QED) is 0.874. The normalized spacial score (nSPS) is 12.8. The maximum atomic E-state index is 13.5. The van der Waals surface area contributed by atoms with Crippen LogP contribution in [0.25, 0.3) is 0 Å². The molecule has 16 heavy (non-hydrogen) atoms. The SMILES string of the molecule is NC(c1sccc1Cl)c1c(F)cccc1F. The Balaban J connectivity index is 2.49. The Morgan fingerprint density at radius 3 is 2.31 bits per heavy atom. The molecule has 2 rings (SSSR count). The van der Waals surface area contributed by atoms with Gasteiger partial charge in [-0.3, -0.25) is 0 Å². The first-order chi connectivity index (χ1) is 7.61. The van der Waals surface area contributed by atoms with Gasteiger partial charge in [-0.2, -0.15) is 0 Å². The zero-order valence-electron chi connectivity index (χ0n) is 8.08. The van der Waals surface area contributed by atoms with Crippen molar-refractivity contribution >= 4 is 22.9 Å². The molecule has 1 aromatic carbocycles. The van der Waals surface area contributed by atoms with Crippen LogP contribution in [-0.4, -0.2) is 0 Å². The molecule has 0 fully saturated rings. The molecule has 0 bridgehead atoms. The van der Waals surface area contributed by atoms with Crippen molar-refractivity contribution in [3.05, 3.63) is 56.7 Å². The Hall–Kier alpha value is -0.970. The Morgan fingerprint density at radius 2 is 1.81 bits per heavy atom. The monoisotopic (exact) mass is 259 g/mol. The smallest absolute Gasteiger partial charge is 0.131 e. The third-order valence-corrected chi connectivity index (χ3v) is 3.68. The molecule has 0 amide bonds. The van der Waals surface area contributed by atoms with E-state index in [-0.39, 0.29) is 5.56 Å². The molecular weight excluding hydrogens is 252 g/mol. The average molecular weight is 260 g/mol. The second kappa shape index (κ2) is 4.49. The van der Waals surface area contributed by atoms with Gasteiger partial charge in [-0.15, -0.1) is 11.3 Å². The van der Waals surface area contributed by atoms with E-state index < -0.39 is 17.7 Å². The molecule has 1 aromatic heterocycles. The maximum absolute atomic E-state index is 13.5. The third-order valence-electron chi connectivity index (χ3n) is 2.24. The van der Waals surface area contributed by atoms with Crippen LogP contribution in [0, 0.1) is 11.6 Å². The molecule has 84 valence electrons. The number of nitrogens with two attached hydrogens (primary N) is 1. The summed E-state index contributed by atoms with van der Waals surface area (Å²) in [5.74, 6) is -1.31. The van der Waals surface area contributed by atoms with Gasteiger partial charge in [-0.25, -0.2) is 8.78 Å². The zero-order chi connectivity index (χ0) is 11.7. The fourth-order valence-electron chi connectivity index (χ4n) is 1.47. The highest BCUT2D eigenvalue weighted by Gasteiger charge is 2.20. The largest absolute Gasteiger partial charge is 0.319 e. The van der Waals surface area contributed by atoms with Gasteiger partial charge >= 0.3 is 0 Å². The fourth-order valence-corrected chi connectivity index (χ4v) is 2.65. The Labute approximate surface area is 100 Å². The summed E-state index contributed by atoms with van der Waals surface area (Å²) < 4.78 is 26.9. The van der Waals surface area contributed by atoms with Gasteiger partial charge in [0.25, 0.3) is 0 Å². The molecule has 1 heterocycles. The Morgan fingerprint density at radius 1 is 1.19 bits per heavy atom. The minimum atomic E-state index is -0.867. The third kappa shape index (κ3) is 1.96.